The number of benzene rings is 2. The van der Waals surface area contributed by atoms with Crippen molar-refractivity contribution in [2.24, 2.45) is 11.8 Å². The van der Waals surface area contributed by atoms with Gasteiger partial charge in [-0.25, -0.2) is 29.0 Å². The molecular formula is C30H40O12Si2. The molecule has 0 saturated heterocycles. The molecule has 14 heteroatoms. The molecule has 0 N–H and O–H groups in total. The van der Waals surface area contributed by atoms with E-state index in [9.17, 15) is 19.2 Å². The summed E-state index contributed by atoms with van der Waals surface area (Å²) >= 11 is 0. The van der Waals surface area contributed by atoms with Crippen molar-refractivity contribution >= 4 is 50.8 Å². The van der Waals surface area contributed by atoms with Gasteiger partial charge in [0.15, 0.2) is 0 Å². The second kappa shape index (κ2) is 15.8. The highest BCUT2D eigenvalue weighted by Gasteiger charge is 2.25. The van der Waals surface area contributed by atoms with E-state index in [1.807, 2.05) is 24.3 Å². The van der Waals surface area contributed by atoms with Gasteiger partial charge in [-0.3, -0.25) is 9.78 Å². The second-order valence-corrected chi connectivity index (χ2v) is 22.9. The van der Waals surface area contributed by atoms with Crippen molar-refractivity contribution in [2.45, 2.75) is 65.0 Å². The maximum atomic E-state index is 12.1. The minimum Gasteiger partial charge on any atom is -0.432 e. The molecule has 3 rings (SSSR count). The predicted molar refractivity (Wildman–Crippen MR) is 162 cm³/mol. The molecule has 0 aliphatic heterocycles. The van der Waals surface area contributed by atoms with E-state index in [0.29, 0.717) is 25.7 Å². The fraction of sp³-hybridized carbons (Fsp3) is 0.467. The summed E-state index contributed by atoms with van der Waals surface area (Å²) in [5.74, 6) is -1.47. The number of hydrogen-bond donors (Lipinski definition) is 0. The first-order valence-corrected chi connectivity index (χ1v) is 21.4. The van der Waals surface area contributed by atoms with Crippen molar-refractivity contribution in [1.82, 2.24) is 0 Å². The van der Waals surface area contributed by atoms with Crippen molar-refractivity contribution in [3.05, 3.63) is 59.7 Å². The molecule has 2 aromatic carbocycles. The van der Waals surface area contributed by atoms with E-state index in [1.165, 1.54) is 10.4 Å². The van der Waals surface area contributed by atoms with E-state index in [-0.39, 0.29) is 36.2 Å². The molecule has 0 heterocycles. The van der Waals surface area contributed by atoms with Crippen molar-refractivity contribution in [2.75, 3.05) is 13.2 Å². The fourth-order valence-corrected chi connectivity index (χ4v) is 6.78. The zero-order valence-corrected chi connectivity index (χ0v) is 27.9. The second-order valence-electron chi connectivity index (χ2n) is 12.7. The molecule has 0 atom stereocenters. The van der Waals surface area contributed by atoms with Crippen molar-refractivity contribution in [3.8, 4) is 0 Å². The maximum absolute atomic E-state index is 12.1. The highest BCUT2D eigenvalue weighted by molar-refractivity contribution is 6.89. The number of hydrogen-bond acceptors (Lipinski definition) is 12. The van der Waals surface area contributed by atoms with Crippen LogP contribution in [0.2, 0.25) is 39.3 Å². The van der Waals surface area contributed by atoms with Gasteiger partial charge in [-0.2, -0.15) is 0 Å². The fourth-order valence-electron chi connectivity index (χ4n) is 4.44. The van der Waals surface area contributed by atoms with E-state index < -0.39 is 40.4 Å². The van der Waals surface area contributed by atoms with Crippen LogP contribution < -0.4 is 10.4 Å². The van der Waals surface area contributed by atoms with Gasteiger partial charge in [-0.1, -0.05) is 73.9 Å². The van der Waals surface area contributed by atoms with Gasteiger partial charge in [0.1, 0.15) is 0 Å². The maximum Gasteiger partial charge on any atom is 0.543 e. The Morgan fingerprint density at radius 2 is 0.864 bits per heavy atom. The highest BCUT2D eigenvalue weighted by Crippen LogP contribution is 2.29. The third-order valence-electron chi connectivity index (χ3n) is 7.24. The molecular weight excluding hydrogens is 608 g/mol. The zero-order valence-electron chi connectivity index (χ0n) is 25.9. The van der Waals surface area contributed by atoms with Crippen molar-refractivity contribution < 1.29 is 58.3 Å². The molecule has 44 heavy (non-hydrogen) atoms. The molecule has 0 bridgehead atoms. The normalized spacial score (nSPS) is 16.8. The summed E-state index contributed by atoms with van der Waals surface area (Å²) in [4.78, 5) is 65.4. The summed E-state index contributed by atoms with van der Waals surface area (Å²) in [7, 11) is -3.00. The minimum absolute atomic E-state index is 0.0701. The van der Waals surface area contributed by atoms with Crippen LogP contribution in [0.3, 0.4) is 0 Å². The lowest BCUT2D eigenvalue weighted by Gasteiger charge is -2.27. The topological polar surface area (TPSA) is 142 Å². The molecule has 12 nitrogen and oxygen atoms in total. The van der Waals surface area contributed by atoms with Crippen LogP contribution in [-0.2, 0) is 39.1 Å². The quantitative estimate of drug-likeness (QED) is 0.122. The number of carbonyl (C=O) groups excluding carboxylic acids is 4. The smallest absolute Gasteiger partial charge is 0.432 e. The molecule has 0 aromatic heterocycles. The molecule has 1 fully saturated rings. The third kappa shape index (κ3) is 11.4. The van der Waals surface area contributed by atoms with Crippen LogP contribution in [0.25, 0.3) is 0 Å². The summed E-state index contributed by atoms with van der Waals surface area (Å²) in [5.41, 5.74) is 0.514. The number of ether oxygens (including phenoxy) is 2. The molecule has 1 aliphatic carbocycles. The van der Waals surface area contributed by atoms with Gasteiger partial charge in [0, 0.05) is 0 Å². The predicted octanol–water partition coefficient (Wildman–Crippen LogP) is 5.60. The van der Waals surface area contributed by atoms with Gasteiger partial charge in [0.25, 0.3) is 0 Å². The summed E-state index contributed by atoms with van der Waals surface area (Å²) in [6, 6.07) is 14.0. The molecule has 0 amide bonds. The Kier molecular flexibility index (Phi) is 12.5. The van der Waals surface area contributed by atoms with Crippen molar-refractivity contribution in [3.63, 3.8) is 0 Å². The lowest BCUT2D eigenvalue weighted by atomic mass is 9.83. The van der Waals surface area contributed by atoms with E-state index in [0.717, 1.165) is 0 Å². The SMILES string of the molecule is C[Si](C)(C)c1ccc(C(=O)OOOC(=O)OCC2CCC(COC(=O)OOOC(=O)c3ccc([Si](C)(C)C)cc3)CC2)cc1. The Hall–Kier alpha value is -3.73. The van der Waals surface area contributed by atoms with E-state index in [2.05, 4.69) is 68.9 Å². The van der Waals surface area contributed by atoms with E-state index in [1.54, 1.807) is 24.3 Å². The number of rotatable bonds is 12. The average Bonchev–Trinajstić information content (AvgIpc) is 2.98. The lowest BCUT2D eigenvalue weighted by molar-refractivity contribution is -0.452. The van der Waals surface area contributed by atoms with Crippen LogP contribution in [-0.4, -0.2) is 53.6 Å². The van der Waals surface area contributed by atoms with Crippen molar-refractivity contribution in [1.29, 1.82) is 0 Å². The van der Waals surface area contributed by atoms with E-state index >= 15 is 0 Å². The summed E-state index contributed by atoms with van der Waals surface area (Å²) < 4.78 is 10.1. The Balaban J connectivity index is 1.23. The van der Waals surface area contributed by atoms with Crippen LogP contribution in [0.4, 0.5) is 9.59 Å². The minimum atomic E-state index is -1.50. The molecule has 2 aromatic rings. The van der Waals surface area contributed by atoms with Crippen LogP contribution >= 0.6 is 0 Å². The van der Waals surface area contributed by atoms with Gasteiger partial charge in [-0.15, -0.1) is 0 Å². The molecule has 1 aliphatic rings. The molecule has 0 unspecified atom stereocenters. The zero-order chi connectivity index (χ0) is 32.3. The van der Waals surface area contributed by atoms with Crippen LogP contribution in [0, 0.1) is 11.8 Å². The average molecular weight is 649 g/mol. The Morgan fingerprint density at radius 3 is 1.16 bits per heavy atom. The lowest BCUT2D eigenvalue weighted by Crippen LogP contribution is -2.37. The first-order valence-electron chi connectivity index (χ1n) is 14.4. The third-order valence-corrected chi connectivity index (χ3v) is 11.4. The molecule has 240 valence electrons. The standard InChI is InChI=1S/C30H40O12Si2/c1-43(2,3)25-15-11-23(12-16-25)27(31)37-41-39-29(33)35-19-21-7-9-22(10-8-21)20-36-30(34)40-42-38-28(32)24-13-17-26(18-14-24)44(4,5)6/h11-18,21-22H,7-10,19-20H2,1-6H3. The van der Waals surface area contributed by atoms with Gasteiger partial charge in [-0.05, 0) is 61.8 Å². The summed E-state index contributed by atoms with van der Waals surface area (Å²) in [6.45, 7) is 13.3. The van der Waals surface area contributed by atoms with Gasteiger partial charge < -0.3 is 9.47 Å². The first-order chi connectivity index (χ1) is 20.7. The van der Waals surface area contributed by atoms with Crippen LogP contribution in [0.1, 0.15) is 46.4 Å². The number of carbonyl (C=O) groups is 4. The van der Waals surface area contributed by atoms with Gasteiger partial charge in [0.2, 0.25) is 0 Å². The molecule has 0 radical (unpaired) electrons. The Labute approximate surface area is 258 Å². The highest BCUT2D eigenvalue weighted by atomic mass is 28.3. The summed E-state index contributed by atoms with van der Waals surface area (Å²) in [6.07, 6.45) is 0.580. The molecule has 1 saturated carbocycles. The monoisotopic (exact) mass is 648 g/mol. The molecule has 0 spiro atoms. The Bertz CT molecular complexity index is 1160. The van der Waals surface area contributed by atoms with Crippen LogP contribution in [0.5, 0.6) is 0 Å². The van der Waals surface area contributed by atoms with Crippen LogP contribution in [0.15, 0.2) is 48.5 Å². The largest absolute Gasteiger partial charge is 0.543 e. The summed E-state index contributed by atoms with van der Waals surface area (Å²) in [5, 5.41) is 10.9. The van der Waals surface area contributed by atoms with Gasteiger partial charge in [0.05, 0.1) is 50.6 Å². The van der Waals surface area contributed by atoms with E-state index in [4.69, 9.17) is 9.47 Å². The first kappa shape index (κ1) is 34.8. The Morgan fingerprint density at radius 1 is 0.545 bits per heavy atom. The van der Waals surface area contributed by atoms with Gasteiger partial charge >= 0.3 is 24.2 Å².